The number of carbonyl (C=O) groups excluding carboxylic acids is 1. The van der Waals surface area contributed by atoms with E-state index in [0.29, 0.717) is 5.69 Å². The number of alkyl halides is 3. The number of amides is 1. The number of anilines is 1. The summed E-state index contributed by atoms with van der Waals surface area (Å²) in [7, 11) is 0. The highest BCUT2D eigenvalue weighted by Crippen LogP contribution is 2.49. The van der Waals surface area contributed by atoms with Crippen LogP contribution in [0.2, 0.25) is 0 Å². The predicted octanol–water partition coefficient (Wildman–Crippen LogP) is 3.01. The highest BCUT2D eigenvalue weighted by Gasteiger charge is 2.63. The largest absolute Gasteiger partial charge is 0.406 e. The molecular weight excluding hydrogens is 269 g/mol. The van der Waals surface area contributed by atoms with Crippen molar-refractivity contribution in [3.05, 3.63) is 29.8 Å². The van der Waals surface area contributed by atoms with Gasteiger partial charge >= 0.3 is 6.18 Å². The third-order valence-electron chi connectivity index (χ3n) is 3.50. The molecular formula is C14H17F3N2O. The van der Waals surface area contributed by atoms with Crippen molar-refractivity contribution in [1.29, 1.82) is 0 Å². The number of carbonyl (C=O) groups is 1. The Morgan fingerprint density at radius 2 is 1.80 bits per heavy atom. The Hall–Kier alpha value is -1.56. The molecule has 6 heteroatoms. The molecule has 0 aliphatic heterocycles. The molecule has 1 saturated carbocycles. The number of nitrogens with one attached hydrogen (secondary N) is 2. The summed E-state index contributed by atoms with van der Waals surface area (Å²) in [6, 6.07) is 6.19. The normalized spacial score (nSPS) is 18.4. The Bertz CT molecular complexity index is 492. The summed E-state index contributed by atoms with van der Waals surface area (Å²) in [5, 5.41) is 5.00. The molecule has 0 aromatic heterocycles. The summed E-state index contributed by atoms with van der Waals surface area (Å²) in [6.45, 7) is 3.35. The molecule has 1 atom stereocenters. The molecule has 1 aromatic rings. The maximum Gasteiger partial charge on any atom is 0.406 e. The van der Waals surface area contributed by atoms with Crippen molar-refractivity contribution >= 4 is 11.6 Å². The molecule has 0 radical (unpaired) electrons. The lowest BCUT2D eigenvalue weighted by atomic mass is 10.2. The van der Waals surface area contributed by atoms with Crippen LogP contribution in [0, 0.1) is 6.92 Å². The lowest BCUT2D eigenvalue weighted by molar-refractivity contribution is -0.168. The van der Waals surface area contributed by atoms with Gasteiger partial charge in [-0.25, -0.2) is 0 Å². The van der Waals surface area contributed by atoms with Crippen LogP contribution < -0.4 is 10.6 Å². The number of hydrogen-bond donors (Lipinski definition) is 2. The van der Waals surface area contributed by atoms with Crippen LogP contribution in [0.1, 0.15) is 25.3 Å². The topological polar surface area (TPSA) is 41.1 Å². The molecule has 0 spiro atoms. The summed E-state index contributed by atoms with van der Waals surface area (Å²) in [6.07, 6.45) is -4.26. The summed E-state index contributed by atoms with van der Waals surface area (Å²) in [4.78, 5) is 11.9. The first-order chi connectivity index (χ1) is 9.23. The summed E-state index contributed by atoms with van der Waals surface area (Å²) in [5.74, 6) is -0.468. The van der Waals surface area contributed by atoms with E-state index in [4.69, 9.17) is 0 Å². The molecule has 0 saturated heterocycles. The van der Waals surface area contributed by atoms with Gasteiger partial charge in [-0.2, -0.15) is 13.2 Å². The SMILES string of the molecule is Cc1ccc(NC(=O)C(C)NC2(C(F)(F)F)CC2)cc1. The monoisotopic (exact) mass is 286 g/mol. The van der Waals surface area contributed by atoms with Crippen LogP contribution in [-0.2, 0) is 4.79 Å². The minimum Gasteiger partial charge on any atom is -0.325 e. The second kappa shape index (κ2) is 5.09. The van der Waals surface area contributed by atoms with E-state index in [1.807, 2.05) is 19.1 Å². The van der Waals surface area contributed by atoms with E-state index < -0.39 is 23.7 Å². The van der Waals surface area contributed by atoms with Gasteiger partial charge in [0, 0.05) is 5.69 Å². The van der Waals surface area contributed by atoms with Gasteiger partial charge in [-0.3, -0.25) is 10.1 Å². The minimum absolute atomic E-state index is 0.0264. The molecule has 1 aliphatic rings. The fourth-order valence-corrected chi connectivity index (χ4v) is 2.00. The van der Waals surface area contributed by atoms with E-state index in [9.17, 15) is 18.0 Å². The van der Waals surface area contributed by atoms with E-state index >= 15 is 0 Å². The molecule has 0 heterocycles. The molecule has 2 rings (SSSR count). The van der Waals surface area contributed by atoms with Crippen LogP contribution in [0.15, 0.2) is 24.3 Å². The highest BCUT2D eigenvalue weighted by molar-refractivity contribution is 5.94. The van der Waals surface area contributed by atoms with Crippen molar-refractivity contribution in [2.75, 3.05) is 5.32 Å². The summed E-state index contributed by atoms with van der Waals surface area (Å²) >= 11 is 0. The summed E-state index contributed by atoms with van der Waals surface area (Å²) < 4.78 is 38.4. The van der Waals surface area contributed by atoms with Gasteiger partial charge < -0.3 is 5.32 Å². The van der Waals surface area contributed by atoms with Crippen LogP contribution >= 0.6 is 0 Å². The molecule has 0 bridgehead atoms. The molecule has 2 N–H and O–H groups in total. The smallest absolute Gasteiger partial charge is 0.325 e. The lowest BCUT2D eigenvalue weighted by Gasteiger charge is -2.24. The zero-order valence-electron chi connectivity index (χ0n) is 11.3. The third-order valence-corrected chi connectivity index (χ3v) is 3.50. The third kappa shape index (κ3) is 3.12. The quantitative estimate of drug-likeness (QED) is 0.893. The Kier molecular flexibility index (Phi) is 3.77. The van der Waals surface area contributed by atoms with Crippen LogP contribution in [0.4, 0.5) is 18.9 Å². The zero-order valence-corrected chi connectivity index (χ0v) is 11.3. The zero-order chi connectivity index (χ0) is 15.0. The first kappa shape index (κ1) is 14.8. The van der Waals surface area contributed by atoms with Gasteiger partial charge in [0.15, 0.2) is 0 Å². The average molecular weight is 286 g/mol. The first-order valence-corrected chi connectivity index (χ1v) is 6.45. The molecule has 3 nitrogen and oxygen atoms in total. The standard InChI is InChI=1S/C14H17F3N2O/c1-9-3-5-11(6-4-9)18-12(20)10(2)19-13(7-8-13)14(15,16)17/h3-6,10,19H,7-8H2,1-2H3,(H,18,20). The van der Waals surface area contributed by atoms with Gasteiger partial charge in [-0.05, 0) is 38.8 Å². The fourth-order valence-electron chi connectivity index (χ4n) is 2.00. The van der Waals surface area contributed by atoms with Crippen molar-refractivity contribution in [2.45, 2.75) is 44.4 Å². The van der Waals surface area contributed by atoms with Crippen LogP contribution in [0.3, 0.4) is 0 Å². The van der Waals surface area contributed by atoms with Gasteiger partial charge in [0.1, 0.15) is 5.54 Å². The average Bonchev–Trinajstić information content (AvgIpc) is 3.12. The molecule has 1 aromatic carbocycles. The van der Waals surface area contributed by atoms with Crippen molar-refractivity contribution in [3.8, 4) is 0 Å². The maximum absolute atomic E-state index is 12.8. The van der Waals surface area contributed by atoms with Crippen molar-refractivity contribution in [3.63, 3.8) is 0 Å². The van der Waals surface area contributed by atoms with Gasteiger partial charge in [-0.1, -0.05) is 17.7 Å². The second-order valence-corrected chi connectivity index (χ2v) is 5.30. The van der Waals surface area contributed by atoms with E-state index in [1.54, 1.807) is 12.1 Å². The summed E-state index contributed by atoms with van der Waals surface area (Å²) in [5.41, 5.74) is -0.258. The molecule has 20 heavy (non-hydrogen) atoms. The van der Waals surface area contributed by atoms with Crippen LogP contribution in [0.5, 0.6) is 0 Å². The number of hydrogen-bond acceptors (Lipinski definition) is 2. The number of rotatable bonds is 4. The number of benzene rings is 1. The Labute approximate surface area is 115 Å². The molecule has 110 valence electrons. The van der Waals surface area contributed by atoms with Crippen molar-refractivity contribution in [2.24, 2.45) is 0 Å². The van der Waals surface area contributed by atoms with E-state index in [-0.39, 0.29) is 12.8 Å². The molecule has 1 fully saturated rings. The van der Waals surface area contributed by atoms with E-state index in [1.165, 1.54) is 6.92 Å². The molecule has 1 aliphatic carbocycles. The van der Waals surface area contributed by atoms with Crippen molar-refractivity contribution in [1.82, 2.24) is 5.32 Å². The molecule has 1 amide bonds. The second-order valence-electron chi connectivity index (χ2n) is 5.30. The van der Waals surface area contributed by atoms with Gasteiger partial charge in [0.25, 0.3) is 0 Å². The van der Waals surface area contributed by atoms with Gasteiger partial charge in [0.2, 0.25) is 5.91 Å². The van der Waals surface area contributed by atoms with Gasteiger partial charge in [-0.15, -0.1) is 0 Å². The highest BCUT2D eigenvalue weighted by atomic mass is 19.4. The van der Waals surface area contributed by atoms with Crippen LogP contribution in [0.25, 0.3) is 0 Å². The Balaban J connectivity index is 1.94. The van der Waals surface area contributed by atoms with E-state index in [2.05, 4.69) is 10.6 Å². The van der Waals surface area contributed by atoms with Crippen molar-refractivity contribution < 1.29 is 18.0 Å². The fraction of sp³-hybridized carbons (Fsp3) is 0.500. The number of aryl methyl sites for hydroxylation is 1. The predicted molar refractivity (Wildman–Crippen MR) is 70.4 cm³/mol. The Morgan fingerprint density at radius 1 is 1.25 bits per heavy atom. The minimum atomic E-state index is -4.31. The van der Waals surface area contributed by atoms with E-state index in [0.717, 1.165) is 5.56 Å². The van der Waals surface area contributed by atoms with Gasteiger partial charge in [0.05, 0.1) is 6.04 Å². The first-order valence-electron chi connectivity index (χ1n) is 6.45. The lowest BCUT2D eigenvalue weighted by Crippen LogP contribution is -2.52. The number of halogens is 3. The maximum atomic E-state index is 12.8. The van der Waals surface area contributed by atoms with Crippen LogP contribution in [-0.4, -0.2) is 23.7 Å². The Morgan fingerprint density at radius 3 is 2.25 bits per heavy atom. The molecule has 1 unspecified atom stereocenters.